The summed E-state index contributed by atoms with van der Waals surface area (Å²) in [6.07, 6.45) is 2.49. The van der Waals surface area contributed by atoms with Crippen LogP contribution in [0.5, 0.6) is 0 Å². The van der Waals surface area contributed by atoms with Crippen LogP contribution in [-0.2, 0) is 16.1 Å². The summed E-state index contributed by atoms with van der Waals surface area (Å²) in [7, 11) is 0. The lowest BCUT2D eigenvalue weighted by molar-refractivity contribution is -0.0897. The van der Waals surface area contributed by atoms with E-state index < -0.39 is 5.60 Å². The molecular weight excluding hydrogens is 266 g/mol. The van der Waals surface area contributed by atoms with Gasteiger partial charge in [0.15, 0.2) is 0 Å². The standard InChI is InChI=1S/C17H25NO3/c1-17(2,3)21-16(19)18-12-8-7-11-15(18)20-13-14-9-5-4-6-10-14/h4-6,9-10,15H,7-8,11-13H2,1-3H3. The van der Waals surface area contributed by atoms with E-state index in [-0.39, 0.29) is 12.3 Å². The fraction of sp³-hybridized carbons (Fsp3) is 0.588. The predicted octanol–water partition coefficient (Wildman–Crippen LogP) is 3.95. The van der Waals surface area contributed by atoms with Gasteiger partial charge >= 0.3 is 6.09 Å². The molecule has 1 aliphatic heterocycles. The van der Waals surface area contributed by atoms with E-state index in [1.165, 1.54) is 0 Å². The predicted molar refractivity (Wildman–Crippen MR) is 81.8 cm³/mol. The number of amides is 1. The topological polar surface area (TPSA) is 38.8 Å². The Morgan fingerprint density at radius 1 is 1.24 bits per heavy atom. The summed E-state index contributed by atoms with van der Waals surface area (Å²) in [6, 6.07) is 10.0. The van der Waals surface area contributed by atoms with E-state index in [9.17, 15) is 4.79 Å². The van der Waals surface area contributed by atoms with Gasteiger partial charge in [-0.3, -0.25) is 4.90 Å². The summed E-state index contributed by atoms with van der Waals surface area (Å²) < 4.78 is 11.4. The van der Waals surface area contributed by atoms with Crippen molar-refractivity contribution in [3.8, 4) is 0 Å². The molecule has 1 aliphatic rings. The lowest BCUT2D eigenvalue weighted by Gasteiger charge is -2.36. The summed E-state index contributed by atoms with van der Waals surface area (Å²) in [5.74, 6) is 0. The Morgan fingerprint density at radius 3 is 2.62 bits per heavy atom. The fourth-order valence-corrected chi connectivity index (χ4v) is 2.37. The van der Waals surface area contributed by atoms with Gasteiger partial charge < -0.3 is 9.47 Å². The first-order valence-electron chi connectivity index (χ1n) is 7.61. The maximum atomic E-state index is 12.3. The van der Waals surface area contributed by atoms with Gasteiger partial charge in [-0.25, -0.2) is 4.79 Å². The van der Waals surface area contributed by atoms with Crippen LogP contribution in [0, 0.1) is 0 Å². The molecule has 1 heterocycles. The van der Waals surface area contributed by atoms with Gasteiger partial charge in [-0.05, 0) is 45.6 Å². The third kappa shape index (κ3) is 5.05. The number of benzene rings is 1. The largest absolute Gasteiger partial charge is 0.444 e. The number of likely N-dealkylation sites (tertiary alicyclic amines) is 1. The minimum atomic E-state index is -0.474. The number of nitrogens with zero attached hydrogens (tertiary/aromatic N) is 1. The molecule has 0 saturated carbocycles. The zero-order valence-electron chi connectivity index (χ0n) is 13.2. The van der Waals surface area contributed by atoms with E-state index in [4.69, 9.17) is 9.47 Å². The first kappa shape index (κ1) is 15.8. The number of carbonyl (C=O) groups is 1. The molecule has 2 rings (SSSR count). The van der Waals surface area contributed by atoms with Gasteiger partial charge in [0.1, 0.15) is 11.8 Å². The van der Waals surface area contributed by atoms with E-state index in [0.29, 0.717) is 13.2 Å². The molecule has 4 heteroatoms. The molecule has 0 radical (unpaired) electrons. The Balaban J connectivity index is 1.94. The zero-order chi connectivity index (χ0) is 15.3. The van der Waals surface area contributed by atoms with Crippen molar-refractivity contribution in [3.63, 3.8) is 0 Å². The zero-order valence-corrected chi connectivity index (χ0v) is 13.2. The first-order valence-corrected chi connectivity index (χ1v) is 7.61. The Kier molecular flexibility index (Phi) is 5.23. The monoisotopic (exact) mass is 291 g/mol. The quantitative estimate of drug-likeness (QED) is 0.846. The number of carbonyl (C=O) groups excluding carboxylic acids is 1. The van der Waals surface area contributed by atoms with Crippen molar-refractivity contribution >= 4 is 6.09 Å². The van der Waals surface area contributed by atoms with Gasteiger partial charge in [0.2, 0.25) is 0 Å². The maximum absolute atomic E-state index is 12.3. The van der Waals surface area contributed by atoms with Crippen LogP contribution in [0.4, 0.5) is 4.79 Å². The number of ether oxygens (including phenoxy) is 2. The second-order valence-corrected chi connectivity index (χ2v) is 6.42. The summed E-state index contributed by atoms with van der Waals surface area (Å²) in [5.41, 5.74) is 0.644. The van der Waals surface area contributed by atoms with E-state index in [0.717, 1.165) is 24.8 Å². The molecule has 1 unspecified atom stereocenters. The third-order valence-electron chi connectivity index (χ3n) is 3.36. The highest BCUT2D eigenvalue weighted by Gasteiger charge is 2.30. The van der Waals surface area contributed by atoms with Crippen molar-refractivity contribution in [1.82, 2.24) is 4.90 Å². The molecule has 1 amide bonds. The van der Waals surface area contributed by atoms with Crippen LogP contribution < -0.4 is 0 Å². The Morgan fingerprint density at radius 2 is 1.95 bits per heavy atom. The summed E-state index contributed by atoms with van der Waals surface area (Å²) in [5, 5.41) is 0. The molecule has 0 aromatic heterocycles. The summed E-state index contributed by atoms with van der Waals surface area (Å²) >= 11 is 0. The number of hydrogen-bond acceptors (Lipinski definition) is 3. The van der Waals surface area contributed by atoms with E-state index in [1.807, 2.05) is 51.1 Å². The van der Waals surface area contributed by atoms with Crippen LogP contribution in [0.2, 0.25) is 0 Å². The molecule has 1 aromatic rings. The number of rotatable bonds is 3. The van der Waals surface area contributed by atoms with Gasteiger partial charge in [-0.15, -0.1) is 0 Å². The van der Waals surface area contributed by atoms with E-state index in [1.54, 1.807) is 4.90 Å². The molecule has 0 aliphatic carbocycles. The average Bonchev–Trinajstić information content (AvgIpc) is 2.45. The molecule has 4 nitrogen and oxygen atoms in total. The lowest BCUT2D eigenvalue weighted by atomic mass is 10.1. The molecule has 0 bridgehead atoms. The van der Waals surface area contributed by atoms with Gasteiger partial charge in [0, 0.05) is 6.54 Å². The smallest absolute Gasteiger partial charge is 0.412 e. The number of piperidine rings is 1. The normalized spacial score (nSPS) is 19.4. The van der Waals surface area contributed by atoms with Crippen LogP contribution >= 0.6 is 0 Å². The SMILES string of the molecule is CC(C)(C)OC(=O)N1CCCCC1OCc1ccccc1. The Labute approximate surface area is 127 Å². The molecule has 116 valence electrons. The molecule has 1 fully saturated rings. The Bertz CT molecular complexity index is 453. The van der Waals surface area contributed by atoms with Crippen LogP contribution in [-0.4, -0.2) is 29.4 Å². The van der Waals surface area contributed by atoms with Crippen molar-refractivity contribution < 1.29 is 14.3 Å². The van der Waals surface area contributed by atoms with Gasteiger partial charge in [-0.2, -0.15) is 0 Å². The highest BCUT2D eigenvalue weighted by molar-refractivity contribution is 5.68. The second-order valence-electron chi connectivity index (χ2n) is 6.42. The molecule has 1 atom stereocenters. The number of hydrogen-bond donors (Lipinski definition) is 0. The summed E-state index contributed by atoms with van der Waals surface area (Å²) in [4.78, 5) is 14.0. The van der Waals surface area contributed by atoms with Crippen molar-refractivity contribution in [2.24, 2.45) is 0 Å². The molecule has 0 N–H and O–H groups in total. The van der Waals surface area contributed by atoms with Crippen molar-refractivity contribution in [1.29, 1.82) is 0 Å². The minimum Gasteiger partial charge on any atom is -0.444 e. The first-order chi connectivity index (χ1) is 9.96. The molecule has 21 heavy (non-hydrogen) atoms. The van der Waals surface area contributed by atoms with Crippen LogP contribution in [0.25, 0.3) is 0 Å². The van der Waals surface area contributed by atoms with E-state index in [2.05, 4.69) is 0 Å². The molecular formula is C17H25NO3. The van der Waals surface area contributed by atoms with Gasteiger partial charge in [-0.1, -0.05) is 30.3 Å². The molecule has 0 spiro atoms. The van der Waals surface area contributed by atoms with Gasteiger partial charge in [0.25, 0.3) is 0 Å². The van der Waals surface area contributed by atoms with Crippen LogP contribution in [0.15, 0.2) is 30.3 Å². The minimum absolute atomic E-state index is 0.186. The second kappa shape index (κ2) is 6.94. The maximum Gasteiger partial charge on any atom is 0.412 e. The third-order valence-corrected chi connectivity index (χ3v) is 3.36. The fourth-order valence-electron chi connectivity index (χ4n) is 2.37. The van der Waals surface area contributed by atoms with Gasteiger partial charge in [0.05, 0.1) is 6.61 Å². The molecule has 1 saturated heterocycles. The van der Waals surface area contributed by atoms with Crippen molar-refractivity contribution in [2.45, 2.75) is 58.5 Å². The van der Waals surface area contributed by atoms with Crippen molar-refractivity contribution in [3.05, 3.63) is 35.9 Å². The highest BCUT2D eigenvalue weighted by atomic mass is 16.6. The Hall–Kier alpha value is -1.55. The highest BCUT2D eigenvalue weighted by Crippen LogP contribution is 2.22. The van der Waals surface area contributed by atoms with Crippen molar-refractivity contribution in [2.75, 3.05) is 6.54 Å². The lowest BCUT2D eigenvalue weighted by Crippen LogP contribution is -2.47. The van der Waals surface area contributed by atoms with Crippen LogP contribution in [0.1, 0.15) is 45.6 Å². The average molecular weight is 291 g/mol. The molecule has 1 aromatic carbocycles. The van der Waals surface area contributed by atoms with Crippen LogP contribution in [0.3, 0.4) is 0 Å². The van der Waals surface area contributed by atoms with E-state index >= 15 is 0 Å². The summed E-state index contributed by atoms with van der Waals surface area (Å²) in [6.45, 7) is 6.87.